The molecule has 3 atom stereocenters. The standard InChI is InChI=1S/C12H24N2O2/c1-9-12(5-6-16-9)14(2)7-11(8-15)13-10-3-4-10/h9-13,15H,3-8H2,1-2H3. The molecule has 1 aliphatic carbocycles. The Balaban J connectivity index is 1.76. The smallest absolute Gasteiger partial charge is 0.0702 e. The van der Waals surface area contributed by atoms with E-state index in [2.05, 4.69) is 24.2 Å². The van der Waals surface area contributed by atoms with Gasteiger partial charge in [0.15, 0.2) is 0 Å². The van der Waals surface area contributed by atoms with E-state index in [9.17, 15) is 5.11 Å². The fourth-order valence-corrected chi connectivity index (χ4v) is 2.53. The molecule has 2 fully saturated rings. The quantitative estimate of drug-likeness (QED) is 0.682. The molecule has 4 heteroatoms. The molecule has 1 aliphatic heterocycles. The van der Waals surface area contributed by atoms with Crippen LogP contribution in [0.4, 0.5) is 0 Å². The zero-order valence-electron chi connectivity index (χ0n) is 10.4. The van der Waals surface area contributed by atoms with Gasteiger partial charge in [0.2, 0.25) is 0 Å². The fraction of sp³-hybridized carbons (Fsp3) is 1.00. The van der Waals surface area contributed by atoms with E-state index in [4.69, 9.17) is 4.74 Å². The van der Waals surface area contributed by atoms with E-state index < -0.39 is 0 Å². The van der Waals surface area contributed by atoms with E-state index in [0.29, 0.717) is 18.2 Å². The van der Waals surface area contributed by atoms with Crippen molar-refractivity contribution in [1.82, 2.24) is 10.2 Å². The van der Waals surface area contributed by atoms with Gasteiger partial charge in [-0.15, -0.1) is 0 Å². The highest BCUT2D eigenvalue weighted by molar-refractivity contribution is 4.88. The summed E-state index contributed by atoms with van der Waals surface area (Å²) in [6.07, 6.45) is 3.97. The van der Waals surface area contributed by atoms with E-state index >= 15 is 0 Å². The van der Waals surface area contributed by atoms with Gasteiger partial charge in [0.05, 0.1) is 12.7 Å². The Morgan fingerprint density at radius 3 is 2.69 bits per heavy atom. The summed E-state index contributed by atoms with van der Waals surface area (Å²) in [7, 11) is 2.13. The molecular weight excluding hydrogens is 204 g/mol. The Morgan fingerprint density at radius 2 is 2.19 bits per heavy atom. The number of ether oxygens (including phenoxy) is 1. The van der Waals surface area contributed by atoms with Crippen molar-refractivity contribution in [3.8, 4) is 0 Å². The van der Waals surface area contributed by atoms with Crippen LogP contribution in [0, 0.1) is 0 Å². The van der Waals surface area contributed by atoms with Crippen molar-refractivity contribution in [2.45, 2.75) is 50.4 Å². The van der Waals surface area contributed by atoms with Crippen LogP contribution in [0.15, 0.2) is 0 Å². The molecule has 1 heterocycles. The maximum Gasteiger partial charge on any atom is 0.0702 e. The first-order valence-electron chi connectivity index (χ1n) is 6.39. The number of likely N-dealkylation sites (N-methyl/N-ethyl adjacent to an activating group) is 1. The number of nitrogens with one attached hydrogen (secondary N) is 1. The number of rotatable bonds is 6. The Kier molecular flexibility index (Phi) is 4.19. The Morgan fingerprint density at radius 1 is 1.44 bits per heavy atom. The van der Waals surface area contributed by atoms with Gasteiger partial charge >= 0.3 is 0 Å². The van der Waals surface area contributed by atoms with E-state index in [-0.39, 0.29) is 12.6 Å². The number of hydrogen-bond acceptors (Lipinski definition) is 4. The van der Waals surface area contributed by atoms with Gasteiger partial charge in [0.1, 0.15) is 0 Å². The lowest BCUT2D eigenvalue weighted by Crippen LogP contribution is -2.47. The third kappa shape index (κ3) is 3.17. The van der Waals surface area contributed by atoms with Gasteiger partial charge in [-0.1, -0.05) is 0 Å². The lowest BCUT2D eigenvalue weighted by molar-refractivity contribution is 0.0761. The molecule has 2 aliphatic rings. The second-order valence-electron chi connectivity index (χ2n) is 5.19. The van der Waals surface area contributed by atoms with Gasteiger partial charge in [0, 0.05) is 31.3 Å². The molecule has 1 saturated carbocycles. The lowest BCUT2D eigenvalue weighted by atomic mass is 10.1. The van der Waals surface area contributed by atoms with Crippen molar-refractivity contribution in [1.29, 1.82) is 0 Å². The maximum absolute atomic E-state index is 9.34. The molecular formula is C12H24N2O2. The van der Waals surface area contributed by atoms with Gasteiger partial charge in [-0.05, 0) is 33.2 Å². The van der Waals surface area contributed by atoms with Gasteiger partial charge < -0.3 is 15.2 Å². The van der Waals surface area contributed by atoms with Crippen LogP contribution in [0.5, 0.6) is 0 Å². The first-order chi connectivity index (χ1) is 7.70. The highest BCUT2D eigenvalue weighted by Crippen LogP contribution is 2.21. The minimum absolute atomic E-state index is 0.213. The summed E-state index contributed by atoms with van der Waals surface area (Å²) >= 11 is 0. The van der Waals surface area contributed by atoms with E-state index in [1.54, 1.807) is 0 Å². The van der Waals surface area contributed by atoms with Crippen molar-refractivity contribution in [2.75, 3.05) is 26.8 Å². The zero-order chi connectivity index (χ0) is 11.5. The Labute approximate surface area is 98.0 Å². The summed E-state index contributed by atoms with van der Waals surface area (Å²) < 4.78 is 5.57. The molecule has 0 amide bonds. The van der Waals surface area contributed by atoms with E-state index in [0.717, 1.165) is 19.6 Å². The third-order valence-electron chi connectivity index (χ3n) is 3.68. The fourth-order valence-electron chi connectivity index (χ4n) is 2.53. The normalized spacial score (nSPS) is 32.2. The van der Waals surface area contributed by atoms with Crippen LogP contribution in [0.25, 0.3) is 0 Å². The van der Waals surface area contributed by atoms with Crippen LogP contribution in [0.2, 0.25) is 0 Å². The first kappa shape index (κ1) is 12.3. The monoisotopic (exact) mass is 228 g/mol. The summed E-state index contributed by atoms with van der Waals surface area (Å²) in [5.41, 5.74) is 0. The van der Waals surface area contributed by atoms with E-state index in [1.807, 2.05) is 0 Å². The molecule has 2 rings (SSSR count). The van der Waals surface area contributed by atoms with Crippen LogP contribution < -0.4 is 5.32 Å². The summed E-state index contributed by atoms with van der Waals surface area (Å²) in [4.78, 5) is 2.33. The Bertz CT molecular complexity index is 221. The van der Waals surface area contributed by atoms with Crippen LogP contribution in [0.3, 0.4) is 0 Å². The number of aliphatic hydroxyl groups excluding tert-OH is 1. The first-order valence-corrected chi connectivity index (χ1v) is 6.39. The largest absolute Gasteiger partial charge is 0.395 e. The maximum atomic E-state index is 9.34. The van der Waals surface area contributed by atoms with Crippen molar-refractivity contribution < 1.29 is 9.84 Å². The average Bonchev–Trinajstić information content (AvgIpc) is 2.97. The highest BCUT2D eigenvalue weighted by atomic mass is 16.5. The summed E-state index contributed by atoms with van der Waals surface area (Å²) in [6, 6.07) is 1.38. The van der Waals surface area contributed by atoms with Crippen molar-refractivity contribution in [3.63, 3.8) is 0 Å². The van der Waals surface area contributed by atoms with Gasteiger partial charge in [-0.3, -0.25) is 4.90 Å². The summed E-state index contributed by atoms with van der Waals surface area (Å²) in [6.45, 7) is 4.14. The number of nitrogens with zero attached hydrogens (tertiary/aromatic N) is 1. The minimum Gasteiger partial charge on any atom is -0.395 e. The SMILES string of the molecule is CC1OCCC1N(C)CC(CO)NC1CC1. The molecule has 0 radical (unpaired) electrons. The second-order valence-corrected chi connectivity index (χ2v) is 5.19. The molecule has 0 spiro atoms. The van der Waals surface area contributed by atoms with Gasteiger partial charge in [-0.2, -0.15) is 0 Å². The van der Waals surface area contributed by atoms with Crippen LogP contribution >= 0.6 is 0 Å². The number of hydrogen-bond donors (Lipinski definition) is 2. The molecule has 16 heavy (non-hydrogen) atoms. The van der Waals surface area contributed by atoms with Gasteiger partial charge in [-0.25, -0.2) is 0 Å². The molecule has 0 aromatic heterocycles. The molecule has 94 valence electrons. The highest BCUT2D eigenvalue weighted by Gasteiger charge is 2.30. The molecule has 0 aromatic rings. The van der Waals surface area contributed by atoms with Gasteiger partial charge in [0.25, 0.3) is 0 Å². The molecule has 0 aromatic carbocycles. The van der Waals surface area contributed by atoms with Crippen LogP contribution in [-0.4, -0.2) is 61.0 Å². The Hall–Kier alpha value is -0.160. The summed E-state index contributed by atoms with van der Waals surface area (Å²) in [5, 5.41) is 12.8. The molecule has 1 saturated heterocycles. The molecule has 4 nitrogen and oxygen atoms in total. The van der Waals surface area contributed by atoms with Crippen LogP contribution in [-0.2, 0) is 4.74 Å². The predicted molar refractivity (Wildman–Crippen MR) is 63.5 cm³/mol. The molecule has 0 bridgehead atoms. The average molecular weight is 228 g/mol. The van der Waals surface area contributed by atoms with Crippen molar-refractivity contribution >= 4 is 0 Å². The zero-order valence-corrected chi connectivity index (χ0v) is 10.4. The topological polar surface area (TPSA) is 44.7 Å². The molecule has 2 N–H and O–H groups in total. The van der Waals surface area contributed by atoms with E-state index in [1.165, 1.54) is 12.8 Å². The summed E-state index contributed by atoms with van der Waals surface area (Å²) in [5.74, 6) is 0. The van der Waals surface area contributed by atoms with Crippen molar-refractivity contribution in [3.05, 3.63) is 0 Å². The predicted octanol–water partition coefficient (Wildman–Crippen LogP) is 0.209. The third-order valence-corrected chi connectivity index (χ3v) is 3.68. The second kappa shape index (κ2) is 5.45. The molecule has 3 unspecified atom stereocenters. The lowest BCUT2D eigenvalue weighted by Gasteiger charge is -2.30. The number of aliphatic hydroxyl groups is 1. The minimum atomic E-state index is 0.213. The van der Waals surface area contributed by atoms with Crippen LogP contribution in [0.1, 0.15) is 26.2 Å². The van der Waals surface area contributed by atoms with Crippen molar-refractivity contribution in [2.24, 2.45) is 0 Å².